The van der Waals surface area contributed by atoms with Crippen LogP contribution in [0.15, 0.2) is 174 Å². The number of rotatable bonds is 3. The largest absolute Gasteiger partial charge is 0.456 e. The first-order chi connectivity index (χ1) is 27.8. The minimum absolute atomic E-state index is 0.0752. The summed E-state index contributed by atoms with van der Waals surface area (Å²) < 4.78 is 6.47. The summed E-state index contributed by atoms with van der Waals surface area (Å²) in [6.45, 7) is 9.49. The summed E-state index contributed by atoms with van der Waals surface area (Å²) in [5.74, 6) is 0. The summed E-state index contributed by atoms with van der Waals surface area (Å²) >= 11 is 0. The quantitative estimate of drug-likeness (QED) is 0.165. The van der Waals surface area contributed by atoms with Crippen LogP contribution >= 0.6 is 0 Å². The van der Waals surface area contributed by atoms with Gasteiger partial charge in [-0.3, -0.25) is 0 Å². The van der Waals surface area contributed by atoms with Crippen molar-refractivity contribution in [1.82, 2.24) is 0 Å². The van der Waals surface area contributed by atoms with Gasteiger partial charge in [0.15, 0.2) is 0 Å². The fourth-order valence-electron chi connectivity index (χ4n) is 10.7. The molecule has 0 N–H and O–H groups in total. The molecule has 2 aliphatic rings. The first-order valence-corrected chi connectivity index (χ1v) is 20.2. The second-order valence-corrected chi connectivity index (χ2v) is 17.2. The Morgan fingerprint density at radius 3 is 1.49 bits per heavy atom. The van der Waals surface area contributed by atoms with Crippen molar-refractivity contribution < 1.29 is 4.42 Å². The van der Waals surface area contributed by atoms with Crippen molar-refractivity contribution in [2.45, 2.75) is 38.5 Å². The maximum absolute atomic E-state index is 6.47. The standard InChI is InChI=1S/C56H40O/c1-55(2)46-20-10-7-14-36(46)38-27-24-34(31-48(38)55)33-25-29-42-45(30-33)52(35-26-28-39-37-15-8-11-21-47(37)56(3,4)49(39)32-35)40-16-5-6-17-41(40)53(42)44-19-13-23-51-54(44)43-18-9-12-22-50(43)57-51/h5-32H,1-4H3. The van der Waals surface area contributed by atoms with Crippen molar-refractivity contribution in [3.05, 3.63) is 192 Å². The van der Waals surface area contributed by atoms with Gasteiger partial charge in [-0.1, -0.05) is 167 Å². The maximum atomic E-state index is 6.47. The molecule has 2 aliphatic carbocycles. The lowest BCUT2D eigenvalue weighted by Gasteiger charge is -2.23. The van der Waals surface area contributed by atoms with Crippen LogP contribution in [-0.2, 0) is 10.8 Å². The molecule has 0 radical (unpaired) electrons. The molecule has 0 aliphatic heterocycles. The molecule has 0 spiro atoms. The van der Waals surface area contributed by atoms with E-state index in [1.165, 1.54) is 99.4 Å². The molecule has 10 aromatic rings. The average Bonchev–Trinajstić information content (AvgIpc) is 3.82. The van der Waals surface area contributed by atoms with Crippen molar-refractivity contribution in [1.29, 1.82) is 0 Å². The second-order valence-electron chi connectivity index (χ2n) is 17.2. The van der Waals surface area contributed by atoms with E-state index in [1.54, 1.807) is 0 Å². The van der Waals surface area contributed by atoms with E-state index in [2.05, 4.69) is 198 Å². The summed E-state index contributed by atoms with van der Waals surface area (Å²) in [6.07, 6.45) is 0. The van der Waals surface area contributed by atoms with Crippen molar-refractivity contribution in [2.75, 3.05) is 0 Å². The SMILES string of the molecule is CC1(C)c2ccccc2-c2ccc(-c3ccc4c(-c5cccc6oc7ccccc7c56)c5ccccc5c(-c5ccc6c(c5)C(C)(C)c5ccccc5-6)c4c3)cc21. The van der Waals surface area contributed by atoms with Crippen molar-refractivity contribution in [3.63, 3.8) is 0 Å². The van der Waals surface area contributed by atoms with Crippen LogP contribution in [0.3, 0.4) is 0 Å². The van der Waals surface area contributed by atoms with E-state index in [1.807, 2.05) is 0 Å². The monoisotopic (exact) mass is 728 g/mol. The molecule has 0 atom stereocenters. The predicted octanol–water partition coefficient (Wildman–Crippen LogP) is 15.5. The molecule has 57 heavy (non-hydrogen) atoms. The molecule has 12 rings (SSSR count). The zero-order valence-electron chi connectivity index (χ0n) is 32.6. The number of para-hydroxylation sites is 1. The van der Waals surface area contributed by atoms with Gasteiger partial charge in [0.2, 0.25) is 0 Å². The number of hydrogen-bond donors (Lipinski definition) is 0. The molecule has 0 unspecified atom stereocenters. The van der Waals surface area contributed by atoms with Gasteiger partial charge in [-0.15, -0.1) is 0 Å². The Hall–Kier alpha value is -6.70. The van der Waals surface area contributed by atoms with Gasteiger partial charge >= 0.3 is 0 Å². The first kappa shape index (κ1) is 32.5. The van der Waals surface area contributed by atoms with E-state index in [-0.39, 0.29) is 10.8 Å². The number of fused-ring (bicyclic) bond motifs is 11. The van der Waals surface area contributed by atoms with Gasteiger partial charge in [0, 0.05) is 21.6 Å². The number of furan rings is 1. The molecule has 0 amide bonds. The smallest absolute Gasteiger partial charge is 0.136 e. The van der Waals surface area contributed by atoms with Crippen molar-refractivity contribution in [2.24, 2.45) is 0 Å². The highest BCUT2D eigenvalue weighted by Gasteiger charge is 2.37. The summed E-state index contributed by atoms with van der Waals surface area (Å²) in [5, 5.41) is 7.29. The van der Waals surface area contributed by atoms with E-state index in [9.17, 15) is 0 Å². The van der Waals surface area contributed by atoms with Crippen LogP contribution in [0.25, 0.3) is 99.1 Å². The van der Waals surface area contributed by atoms with Crippen LogP contribution in [0.1, 0.15) is 49.9 Å². The molecule has 1 aromatic heterocycles. The van der Waals surface area contributed by atoms with Gasteiger partial charge in [-0.25, -0.2) is 0 Å². The highest BCUT2D eigenvalue weighted by Crippen LogP contribution is 2.53. The highest BCUT2D eigenvalue weighted by atomic mass is 16.3. The normalized spacial score (nSPS) is 14.6. The lowest BCUT2D eigenvalue weighted by molar-refractivity contribution is 0.660. The molecule has 1 heteroatoms. The Bertz CT molecular complexity index is 3350. The molecule has 1 heterocycles. The van der Waals surface area contributed by atoms with Crippen molar-refractivity contribution >= 4 is 43.5 Å². The van der Waals surface area contributed by atoms with Crippen LogP contribution in [-0.4, -0.2) is 0 Å². The molecule has 1 nitrogen and oxygen atoms in total. The molecular formula is C56H40O. The molecule has 0 bridgehead atoms. The third-order valence-corrected chi connectivity index (χ3v) is 13.5. The topological polar surface area (TPSA) is 13.1 Å². The lowest BCUT2D eigenvalue weighted by Crippen LogP contribution is -2.14. The zero-order valence-corrected chi connectivity index (χ0v) is 32.6. The van der Waals surface area contributed by atoms with E-state index in [4.69, 9.17) is 4.42 Å². The van der Waals surface area contributed by atoms with Gasteiger partial charge in [0.25, 0.3) is 0 Å². The molecule has 0 fully saturated rings. The minimum atomic E-state index is -0.106. The Balaban J connectivity index is 1.17. The van der Waals surface area contributed by atoms with E-state index < -0.39 is 0 Å². The average molecular weight is 729 g/mol. The summed E-state index contributed by atoms with van der Waals surface area (Å²) in [7, 11) is 0. The van der Waals surface area contributed by atoms with Gasteiger partial charge in [0.05, 0.1) is 0 Å². The van der Waals surface area contributed by atoms with Gasteiger partial charge < -0.3 is 4.42 Å². The zero-order chi connectivity index (χ0) is 38.2. The van der Waals surface area contributed by atoms with E-state index >= 15 is 0 Å². The Labute approximate surface area is 332 Å². The Morgan fingerprint density at radius 2 is 0.789 bits per heavy atom. The van der Waals surface area contributed by atoms with Crippen LogP contribution in [0.2, 0.25) is 0 Å². The third kappa shape index (κ3) is 4.40. The Morgan fingerprint density at radius 1 is 0.316 bits per heavy atom. The van der Waals surface area contributed by atoms with E-state index in [0.29, 0.717) is 0 Å². The summed E-state index contributed by atoms with van der Waals surface area (Å²) in [5.41, 5.74) is 20.0. The second kappa shape index (κ2) is 11.4. The minimum Gasteiger partial charge on any atom is -0.456 e. The van der Waals surface area contributed by atoms with Crippen LogP contribution in [0.4, 0.5) is 0 Å². The molecule has 270 valence electrons. The molecule has 0 saturated heterocycles. The van der Waals surface area contributed by atoms with Gasteiger partial charge in [-0.2, -0.15) is 0 Å². The van der Waals surface area contributed by atoms with Crippen LogP contribution in [0, 0.1) is 0 Å². The lowest BCUT2D eigenvalue weighted by atomic mass is 9.79. The van der Waals surface area contributed by atoms with Crippen LogP contribution < -0.4 is 0 Å². The molecule has 9 aromatic carbocycles. The fraction of sp³-hybridized carbons (Fsp3) is 0.107. The van der Waals surface area contributed by atoms with E-state index in [0.717, 1.165) is 21.9 Å². The fourth-order valence-corrected chi connectivity index (χ4v) is 10.7. The molecule has 0 saturated carbocycles. The van der Waals surface area contributed by atoms with Gasteiger partial charge in [-0.05, 0) is 130 Å². The highest BCUT2D eigenvalue weighted by molar-refractivity contribution is 6.26. The van der Waals surface area contributed by atoms with Gasteiger partial charge in [0.1, 0.15) is 11.2 Å². The first-order valence-electron chi connectivity index (χ1n) is 20.2. The Kier molecular flexibility index (Phi) is 6.53. The summed E-state index contributed by atoms with van der Waals surface area (Å²) in [4.78, 5) is 0. The van der Waals surface area contributed by atoms with Crippen molar-refractivity contribution in [3.8, 4) is 55.6 Å². The number of benzene rings is 9. The van der Waals surface area contributed by atoms with Crippen LogP contribution in [0.5, 0.6) is 0 Å². The summed E-state index contributed by atoms with van der Waals surface area (Å²) in [6, 6.07) is 63.4. The predicted molar refractivity (Wildman–Crippen MR) is 240 cm³/mol. The maximum Gasteiger partial charge on any atom is 0.136 e. The third-order valence-electron chi connectivity index (χ3n) is 13.5. The number of hydrogen-bond acceptors (Lipinski definition) is 1. The molecular weight excluding hydrogens is 689 g/mol.